The van der Waals surface area contributed by atoms with Crippen molar-refractivity contribution in [1.82, 2.24) is 0 Å². The summed E-state index contributed by atoms with van der Waals surface area (Å²) >= 11 is 0. The lowest BCUT2D eigenvalue weighted by Crippen LogP contribution is -2.30. The third-order valence-corrected chi connectivity index (χ3v) is 1.83. The summed E-state index contributed by atoms with van der Waals surface area (Å²) in [4.78, 5) is 10.6. The average molecular weight is 174 g/mol. The Kier molecular flexibility index (Phi) is 2.05. The fourth-order valence-corrected chi connectivity index (χ4v) is 1.15. The molecule has 2 unspecified atom stereocenters. The molecule has 0 N–H and O–H groups in total. The van der Waals surface area contributed by atoms with Crippen molar-refractivity contribution >= 4 is 5.97 Å². The van der Waals surface area contributed by atoms with E-state index in [1.165, 1.54) is 0 Å². The topological polar surface area (TPSA) is 26.3 Å². The number of cyclic esters (lactones) is 1. The maximum atomic E-state index is 12.7. The highest BCUT2D eigenvalue weighted by Crippen LogP contribution is 2.35. The van der Waals surface area contributed by atoms with Crippen LogP contribution in [0.3, 0.4) is 0 Å². The Bertz CT molecular complexity index is 236. The van der Waals surface area contributed by atoms with Crippen LogP contribution in [0.1, 0.15) is 13.3 Å². The van der Waals surface area contributed by atoms with Gasteiger partial charge in [0.1, 0.15) is 0 Å². The van der Waals surface area contributed by atoms with Crippen LogP contribution < -0.4 is 0 Å². The number of carbonyl (C=O) groups is 1. The summed E-state index contributed by atoms with van der Waals surface area (Å²) in [5, 5.41) is 0. The molecule has 1 rings (SSSR count). The molecule has 4 heteroatoms. The lowest BCUT2D eigenvalue weighted by atomic mass is 9.95. The van der Waals surface area contributed by atoms with Crippen LogP contribution in [0, 0.1) is 18.3 Å². The molecule has 0 aromatic carbocycles. The van der Waals surface area contributed by atoms with Crippen molar-refractivity contribution < 1.29 is 18.3 Å². The summed E-state index contributed by atoms with van der Waals surface area (Å²) in [6.07, 6.45) is 3.56. The van der Waals surface area contributed by atoms with Gasteiger partial charge in [-0.25, -0.2) is 8.78 Å². The van der Waals surface area contributed by atoms with Gasteiger partial charge in [-0.05, 0) is 6.92 Å². The SMILES string of the molecule is C#CC1OC(=O)CC1C(C)(F)F. The molecule has 0 amide bonds. The first-order valence-corrected chi connectivity index (χ1v) is 3.48. The molecule has 2 atom stereocenters. The fourth-order valence-electron chi connectivity index (χ4n) is 1.15. The second-order valence-corrected chi connectivity index (χ2v) is 2.84. The molecule has 1 heterocycles. The van der Waals surface area contributed by atoms with Gasteiger partial charge in [-0.1, -0.05) is 5.92 Å². The molecule has 0 aromatic heterocycles. The predicted molar refractivity (Wildman–Crippen MR) is 37.4 cm³/mol. The van der Waals surface area contributed by atoms with E-state index >= 15 is 0 Å². The van der Waals surface area contributed by atoms with Crippen molar-refractivity contribution in [2.24, 2.45) is 5.92 Å². The molecule has 0 bridgehead atoms. The Balaban J connectivity index is 2.79. The first kappa shape index (κ1) is 8.98. The second-order valence-electron chi connectivity index (χ2n) is 2.84. The van der Waals surface area contributed by atoms with Gasteiger partial charge >= 0.3 is 5.97 Å². The monoisotopic (exact) mass is 174 g/mol. The summed E-state index contributed by atoms with van der Waals surface area (Å²) in [6, 6.07) is 0. The lowest BCUT2D eigenvalue weighted by molar-refractivity contribution is -0.139. The number of carbonyl (C=O) groups excluding carboxylic acids is 1. The maximum Gasteiger partial charge on any atom is 0.307 e. The molecule has 0 radical (unpaired) electrons. The van der Waals surface area contributed by atoms with E-state index in [1.54, 1.807) is 0 Å². The lowest BCUT2D eigenvalue weighted by Gasteiger charge is -2.18. The van der Waals surface area contributed by atoms with Gasteiger partial charge in [0.15, 0.2) is 6.10 Å². The Morgan fingerprint density at radius 2 is 2.33 bits per heavy atom. The minimum absolute atomic E-state index is 0.293. The minimum atomic E-state index is -2.96. The number of hydrogen-bond donors (Lipinski definition) is 0. The van der Waals surface area contributed by atoms with Gasteiger partial charge in [0.2, 0.25) is 0 Å². The van der Waals surface area contributed by atoms with Crippen LogP contribution in [-0.2, 0) is 9.53 Å². The van der Waals surface area contributed by atoms with Crippen LogP contribution in [0.15, 0.2) is 0 Å². The number of terminal acetylenes is 1. The van der Waals surface area contributed by atoms with E-state index in [-0.39, 0.29) is 6.42 Å². The zero-order valence-corrected chi connectivity index (χ0v) is 6.51. The van der Waals surface area contributed by atoms with Gasteiger partial charge in [-0.2, -0.15) is 0 Å². The van der Waals surface area contributed by atoms with Crippen LogP contribution in [0.2, 0.25) is 0 Å². The number of ether oxygens (including phenoxy) is 1. The number of rotatable bonds is 1. The zero-order chi connectivity index (χ0) is 9.35. The van der Waals surface area contributed by atoms with Gasteiger partial charge in [0, 0.05) is 0 Å². The standard InChI is InChI=1S/C8H8F2O2/c1-3-6-5(8(2,9)10)4-7(11)12-6/h1,5-6H,4H2,2H3. The van der Waals surface area contributed by atoms with Crippen LogP contribution in [0.4, 0.5) is 8.78 Å². The molecule has 1 fully saturated rings. The molecule has 0 spiro atoms. The van der Waals surface area contributed by atoms with Gasteiger partial charge in [-0.15, -0.1) is 6.42 Å². The van der Waals surface area contributed by atoms with Crippen molar-refractivity contribution in [2.75, 3.05) is 0 Å². The van der Waals surface area contributed by atoms with E-state index in [1.807, 2.05) is 5.92 Å². The molecule has 0 saturated carbocycles. The molecule has 1 saturated heterocycles. The molecule has 2 nitrogen and oxygen atoms in total. The molecular formula is C8H8F2O2. The third-order valence-electron chi connectivity index (χ3n) is 1.83. The fraction of sp³-hybridized carbons (Fsp3) is 0.625. The van der Waals surface area contributed by atoms with E-state index in [4.69, 9.17) is 6.42 Å². The quantitative estimate of drug-likeness (QED) is 0.441. The van der Waals surface area contributed by atoms with E-state index in [9.17, 15) is 13.6 Å². The summed E-state index contributed by atoms with van der Waals surface area (Å²) in [6.45, 7) is 0.740. The summed E-state index contributed by atoms with van der Waals surface area (Å²) in [5.74, 6) is -2.75. The Morgan fingerprint density at radius 3 is 2.67 bits per heavy atom. The van der Waals surface area contributed by atoms with Crippen molar-refractivity contribution in [3.8, 4) is 12.3 Å². The van der Waals surface area contributed by atoms with Gasteiger partial charge in [0.25, 0.3) is 5.92 Å². The highest BCUT2D eigenvalue weighted by molar-refractivity contribution is 5.73. The zero-order valence-electron chi connectivity index (χ0n) is 6.51. The van der Waals surface area contributed by atoms with Gasteiger partial charge in [-0.3, -0.25) is 4.79 Å². The number of esters is 1. The molecular weight excluding hydrogens is 166 g/mol. The van der Waals surface area contributed by atoms with Crippen LogP contribution in [0.5, 0.6) is 0 Å². The highest BCUT2D eigenvalue weighted by Gasteiger charge is 2.47. The van der Waals surface area contributed by atoms with Crippen molar-refractivity contribution in [3.63, 3.8) is 0 Å². The summed E-state index contributed by atoms with van der Waals surface area (Å²) in [7, 11) is 0. The van der Waals surface area contributed by atoms with Crippen LogP contribution in [0.25, 0.3) is 0 Å². The van der Waals surface area contributed by atoms with E-state index in [0.717, 1.165) is 6.92 Å². The number of hydrogen-bond acceptors (Lipinski definition) is 2. The minimum Gasteiger partial charge on any atom is -0.449 e. The normalized spacial score (nSPS) is 29.7. The molecule has 0 aliphatic carbocycles. The van der Waals surface area contributed by atoms with E-state index in [0.29, 0.717) is 0 Å². The smallest absolute Gasteiger partial charge is 0.307 e. The second kappa shape index (κ2) is 2.74. The van der Waals surface area contributed by atoms with Gasteiger partial charge in [0.05, 0.1) is 12.3 Å². The largest absolute Gasteiger partial charge is 0.449 e. The molecule has 1 aliphatic rings. The molecule has 1 aliphatic heterocycles. The van der Waals surface area contributed by atoms with Crippen molar-refractivity contribution in [1.29, 1.82) is 0 Å². The predicted octanol–water partition coefficient (Wildman–Crippen LogP) is 1.21. The summed E-state index contributed by atoms with van der Waals surface area (Å²) < 4.78 is 29.9. The maximum absolute atomic E-state index is 12.7. The first-order chi connectivity index (χ1) is 5.45. The Hall–Kier alpha value is -1.11. The number of halogens is 2. The summed E-state index contributed by atoms with van der Waals surface area (Å²) in [5.41, 5.74) is 0. The molecule has 0 aromatic rings. The van der Waals surface area contributed by atoms with Crippen molar-refractivity contribution in [3.05, 3.63) is 0 Å². The number of alkyl halides is 2. The van der Waals surface area contributed by atoms with Crippen LogP contribution in [-0.4, -0.2) is 18.0 Å². The Labute approximate surface area is 68.9 Å². The molecule has 12 heavy (non-hydrogen) atoms. The van der Waals surface area contributed by atoms with E-state index < -0.39 is 23.9 Å². The van der Waals surface area contributed by atoms with Crippen LogP contribution >= 0.6 is 0 Å². The molecule has 66 valence electrons. The van der Waals surface area contributed by atoms with Crippen molar-refractivity contribution in [2.45, 2.75) is 25.4 Å². The average Bonchev–Trinajstić information content (AvgIpc) is 2.29. The third kappa shape index (κ3) is 1.55. The Morgan fingerprint density at radius 1 is 1.75 bits per heavy atom. The first-order valence-electron chi connectivity index (χ1n) is 3.48. The van der Waals surface area contributed by atoms with E-state index in [2.05, 4.69) is 4.74 Å². The van der Waals surface area contributed by atoms with Gasteiger partial charge < -0.3 is 4.74 Å². The highest BCUT2D eigenvalue weighted by atomic mass is 19.3.